The lowest BCUT2D eigenvalue weighted by Gasteiger charge is -2.22. The van der Waals surface area contributed by atoms with Gasteiger partial charge in [0, 0.05) is 25.7 Å². The van der Waals surface area contributed by atoms with Crippen molar-refractivity contribution in [3.63, 3.8) is 0 Å². The number of hydrogen-bond donors (Lipinski definition) is 1. The average Bonchev–Trinajstić information content (AvgIpc) is 2.32. The molecule has 13 heavy (non-hydrogen) atoms. The first-order valence-corrected chi connectivity index (χ1v) is 4.76. The number of amides is 2. The van der Waals surface area contributed by atoms with Crippen molar-refractivity contribution in [2.45, 2.75) is 32.9 Å². The van der Waals surface area contributed by atoms with Gasteiger partial charge in [0.2, 0.25) is 0 Å². The van der Waals surface area contributed by atoms with E-state index in [0.29, 0.717) is 6.54 Å². The molecule has 1 unspecified atom stereocenters. The van der Waals surface area contributed by atoms with Crippen molar-refractivity contribution in [3.05, 3.63) is 0 Å². The summed E-state index contributed by atoms with van der Waals surface area (Å²) >= 11 is 0. The Morgan fingerprint density at radius 1 is 1.38 bits per heavy atom. The largest absolute Gasteiger partial charge is 0.392 e. The van der Waals surface area contributed by atoms with Crippen LogP contribution in [0.4, 0.5) is 4.79 Å². The molecule has 1 saturated heterocycles. The lowest BCUT2D eigenvalue weighted by Crippen LogP contribution is -2.38. The van der Waals surface area contributed by atoms with Gasteiger partial charge >= 0.3 is 6.03 Å². The monoisotopic (exact) mass is 186 g/mol. The summed E-state index contributed by atoms with van der Waals surface area (Å²) in [4.78, 5) is 15.1. The number of nitrogens with zero attached hydrogens (tertiary/aromatic N) is 2. The number of aliphatic hydroxyl groups is 1. The molecule has 0 radical (unpaired) electrons. The van der Waals surface area contributed by atoms with E-state index in [0.717, 1.165) is 13.1 Å². The summed E-state index contributed by atoms with van der Waals surface area (Å²) in [5, 5.41) is 9.14. The van der Waals surface area contributed by atoms with Crippen LogP contribution in [-0.4, -0.2) is 52.7 Å². The van der Waals surface area contributed by atoms with Gasteiger partial charge in [-0.3, -0.25) is 0 Å². The van der Waals surface area contributed by atoms with Crippen molar-refractivity contribution in [3.8, 4) is 0 Å². The first kappa shape index (κ1) is 10.3. The quantitative estimate of drug-likeness (QED) is 0.698. The van der Waals surface area contributed by atoms with E-state index in [-0.39, 0.29) is 12.1 Å². The predicted molar refractivity (Wildman–Crippen MR) is 50.5 cm³/mol. The molecule has 76 valence electrons. The van der Waals surface area contributed by atoms with Crippen LogP contribution in [0.3, 0.4) is 0 Å². The molecule has 4 heteroatoms. The number of carbonyl (C=O) groups is 1. The maximum absolute atomic E-state index is 11.6. The fourth-order valence-corrected chi connectivity index (χ4v) is 1.57. The molecule has 1 heterocycles. The van der Waals surface area contributed by atoms with E-state index in [9.17, 15) is 4.79 Å². The molecule has 1 rings (SSSR count). The van der Waals surface area contributed by atoms with Gasteiger partial charge in [0.15, 0.2) is 0 Å². The van der Waals surface area contributed by atoms with Gasteiger partial charge < -0.3 is 14.9 Å². The fourth-order valence-electron chi connectivity index (χ4n) is 1.57. The maximum atomic E-state index is 11.6. The third kappa shape index (κ3) is 2.34. The summed E-state index contributed by atoms with van der Waals surface area (Å²) in [6.45, 7) is 7.67. The van der Waals surface area contributed by atoms with Crippen LogP contribution in [0.15, 0.2) is 0 Å². The second-order valence-electron chi connectivity index (χ2n) is 3.86. The van der Waals surface area contributed by atoms with Crippen LogP contribution in [-0.2, 0) is 0 Å². The normalized spacial score (nSPS) is 20.2. The molecule has 0 spiro atoms. The van der Waals surface area contributed by atoms with Crippen LogP contribution >= 0.6 is 0 Å². The molecular formula is C9H18N2O2. The van der Waals surface area contributed by atoms with E-state index in [2.05, 4.69) is 0 Å². The summed E-state index contributed by atoms with van der Waals surface area (Å²) in [7, 11) is 0. The molecule has 0 aliphatic carbocycles. The van der Waals surface area contributed by atoms with Crippen molar-refractivity contribution in [1.82, 2.24) is 9.80 Å². The van der Waals surface area contributed by atoms with Gasteiger partial charge in [-0.15, -0.1) is 0 Å². The highest BCUT2D eigenvalue weighted by Gasteiger charge is 2.30. The molecule has 1 fully saturated rings. The highest BCUT2D eigenvalue weighted by atomic mass is 16.3. The molecule has 1 atom stereocenters. The van der Waals surface area contributed by atoms with E-state index < -0.39 is 6.10 Å². The minimum absolute atomic E-state index is 0.0518. The third-order valence-corrected chi connectivity index (χ3v) is 2.23. The third-order valence-electron chi connectivity index (χ3n) is 2.23. The van der Waals surface area contributed by atoms with Crippen molar-refractivity contribution in [2.75, 3.05) is 19.6 Å². The van der Waals surface area contributed by atoms with Crippen LogP contribution in [0.5, 0.6) is 0 Å². The van der Waals surface area contributed by atoms with Gasteiger partial charge in [0.1, 0.15) is 0 Å². The Balaban J connectivity index is 2.50. The summed E-state index contributed by atoms with van der Waals surface area (Å²) in [5.74, 6) is 0. The molecule has 0 aromatic rings. The van der Waals surface area contributed by atoms with Gasteiger partial charge in [-0.2, -0.15) is 0 Å². The Morgan fingerprint density at radius 3 is 2.38 bits per heavy atom. The lowest BCUT2D eigenvalue weighted by molar-refractivity contribution is 0.137. The van der Waals surface area contributed by atoms with E-state index >= 15 is 0 Å². The predicted octanol–water partition coefficient (Wildman–Crippen LogP) is 0.513. The van der Waals surface area contributed by atoms with E-state index in [1.807, 2.05) is 18.7 Å². The number of carbonyl (C=O) groups excluding carboxylic acids is 1. The first-order valence-electron chi connectivity index (χ1n) is 4.76. The van der Waals surface area contributed by atoms with Gasteiger partial charge in [-0.05, 0) is 20.8 Å². The molecule has 1 aliphatic heterocycles. The van der Waals surface area contributed by atoms with Gasteiger partial charge in [-0.1, -0.05) is 0 Å². The molecule has 0 aromatic carbocycles. The van der Waals surface area contributed by atoms with Crippen LogP contribution in [0.1, 0.15) is 20.8 Å². The van der Waals surface area contributed by atoms with Crippen LogP contribution in [0, 0.1) is 0 Å². The zero-order chi connectivity index (χ0) is 10.0. The molecule has 0 saturated carbocycles. The number of aliphatic hydroxyl groups excluding tert-OH is 1. The molecule has 0 aromatic heterocycles. The highest BCUT2D eigenvalue weighted by Crippen LogP contribution is 2.12. The summed E-state index contributed by atoms with van der Waals surface area (Å²) in [6.07, 6.45) is -0.434. The number of urea groups is 1. The van der Waals surface area contributed by atoms with Crippen LogP contribution in [0.2, 0.25) is 0 Å². The smallest absolute Gasteiger partial charge is 0.320 e. The molecule has 1 N–H and O–H groups in total. The summed E-state index contributed by atoms with van der Waals surface area (Å²) < 4.78 is 0. The van der Waals surface area contributed by atoms with Crippen molar-refractivity contribution in [1.29, 1.82) is 0 Å². The Kier molecular flexibility index (Phi) is 3.14. The van der Waals surface area contributed by atoms with E-state index in [4.69, 9.17) is 5.11 Å². The lowest BCUT2D eigenvalue weighted by atomic mass is 10.3. The molecule has 2 amide bonds. The Morgan fingerprint density at radius 2 is 2.00 bits per heavy atom. The topological polar surface area (TPSA) is 43.8 Å². The van der Waals surface area contributed by atoms with Crippen LogP contribution in [0.25, 0.3) is 0 Å². The molecule has 4 nitrogen and oxygen atoms in total. The van der Waals surface area contributed by atoms with Gasteiger partial charge in [0.05, 0.1) is 6.10 Å². The average molecular weight is 186 g/mol. The van der Waals surface area contributed by atoms with E-state index in [1.165, 1.54) is 0 Å². The second kappa shape index (κ2) is 3.96. The molecule has 0 bridgehead atoms. The first-order chi connectivity index (χ1) is 6.02. The maximum Gasteiger partial charge on any atom is 0.320 e. The standard InChI is InChI=1S/C9H18N2O2/c1-7(2)11-5-4-10(9(11)13)6-8(3)12/h7-8,12H,4-6H2,1-3H3. The SMILES string of the molecule is CC(O)CN1CCN(C(C)C)C1=O. The van der Waals surface area contributed by atoms with Crippen LogP contribution < -0.4 is 0 Å². The minimum atomic E-state index is -0.434. The van der Waals surface area contributed by atoms with Crippen molar-refractivity contribution < 1.29 is 9.90 Å². The Bertz CT molecular complexity index is 192. The summed E-state index contributed by atoms with van der Waals surface area (Å²) in [6, 6.07) is 0.308. The Hall–Kier alpha value is -0.770. The molecule has 1 aliphatic rings. The van der Waals surface area contributed by atoms with E-state index in [1.54, 1.807) is 11.8 Å². The molecular weight excluding hydrogens is 168 g/mol. The van der Waals surface area contributed by atoms with Crippen molar-refractivity contribution >= 4 is 6.03 Å². The van der Waals surface area contributed by atoms with Gasteiger partial charge in [-0.25, -0.2) is 4.79 Å². The van der Waals surface area contributed by atoms with Crippen molar-refractivity contribution in [2.24, 2.45) is 0 Å². The Labute approximate surface area is 79.1 Å². The number of rotatable bonds is 3. The van der Waals surface area contributed by atoms with Gasteiger partial charge in [0.25, 0.3) is 0 Å². The zero-order valence-corrected chi connectivity index (χ0v) is 8.53. The summed E-state index contributed by atoms with van der Waals surface area (Å²) in [5.41, 5.74) is 0. The minimum Gasteiger partial charge on any atom is -0.392 e. The number of hydrogen-bond acceptors (Lipinski definition) is 2. The zero-order valence-electron chi connectivity index (χ0n) is 8.53. The highest BCUT2D eigenvalue weighted by molar-refractivity contribution is 5.76. The fraction of sp³-hybridized carbons (Fsp3) is 0.889. The second-order valence-corrected chi connectivity index (χ2v) is 3.86. The number of β-amino-alcohol motifs (C(OH)–C–C–N with tert-alkyl or cyclic N) is 1.